The summed E-state index contributed by atoms with van der Waals surface area (Å²) < 4.78 is 13.2. The summed E-state index contributed by atoms with van der Waals surface area (Å²) in [5.74, 6) is -1.91. The first kappa shape index (κ1) is 9.39. The molecule has 0 aliphatic carbocycles. The van der Waals surface area contributed by atoms with Gasteiger partial charge in [-0.15, -0.1) is 0 Å². The van der Waals surface area contributed by atoms with Crippen LogP contribution in [-0.2, 0) is 0 Å². The number of H-pyrrole nitrogens is 1. The predicted molar refractivity (Wildman–Crippen MR) is 51.5 cm³/mol. The van der Waals surface area contributed by atoms with E-state index in [2.05, 4.69) is 4.98 Å². The molecule has 0 aliphatic heterocycles. The summed E-state index contributed by atoms with van der Waals surface area (Å²) in [7, 11) is 0. The van der Waals surface area contributed by atoms with Gasteiger partial charge in [0.15, 0.2) is 0 Å². The molecule has 0 spiro atoms. The molecule has 0 amide bonds. The monoisotopic (exact) mass is 207 g/mol. The first-order chi connectivity index (χ1) is 7.09. The van der Waals surface area contributed by atoms with Gasteiger partial charge in [-0.05, 0) is 17.5 Å². The highest BCUT2D eigenvalue weighted by Crippen LogP contribution is 2.13. The van der Waals surface area contributed by atoms with Gasteiger partial charge in [0.05, 0.1) is 5.39 Å². The van der Waals surface area contributed by atoms with Crippen LogP contribution in [0, 0.1) is 5.82 Å². The molecule has 0 atom stereocenters. The fourth-order valence-electron chi connectivity index (χ4n) is 1.39. The number of halogens is 1. The van der Waals surface area contributed by atoms with Crippen molar-refractivity contribution in [1.29, 1.82) is 0 Å². The summed E-state index contributed by atoms with van der Waals surface area (Å²) in [6.07, 6.45) is 0. The minimum Gasteiger partial charge on any atom is -0.477 e. The van der Waals surface area contributed by atoms with E-state index in [9.17, 15) is 14.0 Å². The Morgan fingerprint density at radius 2 is 2.13 bits per heavy atom. The Bertz CT molecular complexity index is 603. The van der Waals surface area contributed by atoms with Crippen molar-refractivity contribution in [3.63, 3.8) is 0 Å². The van der Waals surface area contributed by atoms with E-state index in [1.807, 2.05) is 0 Å². The lowest BCUT2D eigenvalue weighted by molar-refractivity contribution is 0.0690. The van der Waals surface area contributed by atoms with Crippen LogP contribution >= 0.6 is 0 Å². The number of rotatable bonds is 1. The molecular weight excluding hydrogens is 201 g/mol. The Balaban J connectivity index is 2.91. The molecule has 4 nitrogen and oxygen atoms in total. The zero-order valence-electron chi connectivity index (χ0n) is 7.45. The van der Waals surface area contributed by atoms with Gasteiger partial charge in [0.1, 0.15) is 11.5 Å². The zero-order chi connectivity index (χ0) is 11.0. The highest BCUT2D eigenvalue weighted by molar-refractivity contribution is 5.91. The van der Waals surface area contributed by atoms with E-state index < -0.39 is 17.3 Å². The molecule has 0 radical (unpaired) electrons. The fourth-order valence-corrected chi connectivity index (χ4v) is 1.39. The largest absolute Gasteiger partial charge is 0.477 e. The summed E-state index contributed by atoms with van der Waals surface area (Å²) in [6, 6.07) is 5.28. The molecule has 0 saturated heterocycles. The van der Waals surface area contributed by atoms with E-state index in [4.69, 9.17) is 5.11 Å². The first-order valence-electron chi connectivity index (χ1n) is 4.14. The normalized spacial score (nSPS) is 10.5. The van der Waals surface area contributed by atoms with Crippen LogP contribution in [0.4, 0.5) is 4.39 Å². The second kappa shape index (κ2) is 3.20. The molecule has 0 bridgehead atoms. The van der Waals surface area contributed by atoms with E-state index in [1.165, 1.54) is 18.2 Å². The number of benzene rings is 1. The Labute approximate surface area is 83.0 Å². The summed E-state index contributed by atoms with van der Waals surface area (Å²) in [5.41, 5.74) is -0.985. The van der Waals surface area contributed by atoms with Gasteiger partial charge in [-0.3, -0.25) is 4.79 Å². The molecule has 1 aromatic carbocycles. The average Bonchev–Trinajstić information content (AvgIpc) is 2.17. The number of carbonyl (C=O) groups is 1. The van der Waals surface area contributed by atoms with Crippen molar-refractivity contribution in [2.75, 3.05) is 0 Å². The second-order valence-electron chi connectivity index (χ2n) is 3.02. The van der Waals surface area contributed by atoms with Gasteiger partial charge < -0.3 is 10.1 Å². The van der Waals surface area contributed by atoms with E-state index in [-0.39, 0.29) is 16.5 Å². The van der Waals surface area contributed by atoms with Crippen LogP contribution in [0.1, 0.15) is 10.5 Å². The maximum absolute atomic E-state index is 13.2. The smallest absolute Gasteiger partial charge is 0.352 e. The van der Waals surface area contributed by atoms with Crippen molar-refractivity contribution < 1.29 is 14.3 Å². The van der Waals surface area contributed by atoms with Gasteiger partial charge in [-0.1, -0.05) is 12.1 Å². The van der Waals surface area contributed by atoms with E-state index in [1.54, 1.807) is 0 Å². The molecule has 76 valence electrons. The summed E-state index contributed by atoms with van der Waals surface area (Å²) in [6.45, 7) is 0. The quantitative estimate of drug-likeness (QED) is 0.741. The van der Waals surface area contributed by atoms with Gasteiger partial charge >= 0.3 is 5.97 Å². The number of aromatic nitrogens is 1. The minimum atomic E-state index is -1.25. The molecule has 2 aromatic rings. The van der Waals surface area contributed by atoms with Crippen LogP contribution in [0.3, 0.4) is 0 Å². The van der Waals surface area contributed by atoms with Gasteiger partial charge in [0, 0.05) is 0 Å². The molecule has 1 aromatic heterocycles. The van der Waals surface area contributed by atoms with Crippen LogP contribution in [0.15, 0.2) is 29.1 Å². The third kappa shape index (κ3) is 1.48. The molecule has 1 heterocycles. The number of pyridine rings is 1. The van der Waals surface area contributed by atoms with Crippen molar-refractivity contribution in [2.45, 2.75) is 0 Å². The summed E-state index contributed by atoms with van der Waals surface area (Å²) >= 11 is 0. The lowest BCUT2D eigenvalue weighted by Gasteiger charge is -1.99. The second-order valence-corrected chi connectivity index (χ2v) is 3.02. The lowest BCUT2D eigenvalue weighted by Crippen LogP contribution is -2.13. The summed E-state index contributed by atoms with van der Waals surface area (Å²) in [4.78, 5) is 24.1. The molecule has 2 rings (SSSR count). The molecule has 0 saturated carbocycles. The fraction of sp³-hybridized carbons (Fsp3) is 0. The van der Waals surface area contributed by atoms with Crippen LogP contribution in [-0.4, -0.2) is 16.1 Å². The molecule has 0 unspecified atom stereocenters. The van der Waals surface area contributed by atoms with Gasteiger partial charge in [0.2, 0.25) is 0 Å². The lowest BCUT2D eigenvalue weighted by atomic mass is 10.1. The van der Waals surface area contributed by atoms with Crippen molar-refractivity contribution in [2.24, 2.45) is 0 Å². The van der Waals surface area contributed by atoms with Gasteiger partial charge in [-0.25, -0.2) is 9.18 Å². The van der Waals surface area contributed by atoms with E-state index in [0.717, 1.165) is 6.07 Å². The van der Waals surface area contributed by atoms with Crippen molar-refractivity contribution in [1.82, 2.24) is 4.98 Å². The van der Waals surface area contributed by atoms with Gasteiger partial charge in [-0.2, -0.15) is 0 Å². The minimum absolute atomic E-state index is 0.123. The molecule has 2 N–H and O–H groups in total. The van der Waals surface area contributed by atoms with Crippen LogP contribution in [0.5, 0.6) is 0 Å². The highest BCUT2D eigenvalue weighted by atomic mass is 19.1. The SMILES string of the molecule is O=C(O)c1cc2cccc(F)c2c(=O)[nH]1. The highest BCUT2D eigenvalue weighted by Gasteiger charge is 2.09. The third-order valence-corrected chi connectivity index (χ3v) is 2.05. The number of aromatic carboxylic acids is 1. The number of hydrogen-bond acceptors (Lipinski definition) is 2. The number of aromatic amines is 1. The molecule has 0 fully saturated rings. The Kier molecular flexibility index (Phi) is 2.00. The van der Waals surface area contributed by atoms with Gasteiger partial charge in [0.25, 0.3) is 5.56 Å². The maximum atomic E-state index is 13.2. The van der Waals surface area contributed by atoms with E-state index >= 15 is 0 Å². The topological polar surface area (TPSA) is 70.2 Å². The van der Waals surface area contributed by atoms with Crippen LogP contribution in [0.25, 0.3) is 10.8 Å². The van der Waals surface area contributed by atoms with Crippen LogP contribution in [0.2, 0.25) is 0 Å². The molecule has 5 heteroatoms. The molecule has 0 aliphatic rings. The first-order valence-corrected chi connectivity index (χ1v) is 4.14. The number of fused-ring (bicyclic) bond motifs is 1. The number of hydrogen-bond donors (Lipinski definition) is 2. The Morgan fingerprint density at radius 3 is 2.80 bits per heavy atom. The molecular formula is C10H6FNO3. The number of carboxylic acid groups (broad SMARTS) is 1. The van der Waals surface area contributed by atoms with Crippen molar-refractivity contribution in [3.05, 3.63) is 46.1 Å². The molecule has 15 heavy (non-hydrogen) atoms. The standard InChI is InChI=1S/C10H6FNO3/c11-6-3-1-2-5-4-7(10(14)15)12-9(13)8(5)6/h1-4H,(H,12,13)(H,14,15). The Hall–Kier alpha value is -2.17. The predicted octanol–water partition coefficient (Wildman–Crippen LogP) is 1.37. The van der Waals surface area contributed by atoms with Crippen LogP contribution < -0.4 is 5.56 Å². The average molecular weight is 207 g/mol. The van der Waals surface area contributed by atoms with Crippen molar-refractivity contribution in [3.8, 4) is 0 Å². The van der Waals surface area contributed by atoms with Crippen molar-refractivity contribution >= 4 is 16.7 Å². The van der Waals surface area contributed by atoms with E-state index in [0.29, 0.717) is 0 Å². The number of nitrogens with one attached hydrogen (secondary N) is 1. The third-order valence-electron chi connectivity index (χ3n) is 2.05. The zero-order valence-corrected chi connectivity index (χ0v) is 7.45. The number of carboxylic acids is 1. The Morgan fingerprint density at radius 1 is 1.40 bits per heavy atom. The maximum Gasteiger partial charge on any atom is 0.352 e. The summed E-state index contributed by atoms with van der Waals surface area (Å²) in [5, 5.41) is 8.83.